The lowest BCUT2D eigenvalue weighted by Crippen LogP contribution is -2.25. The first-order chi connectivity index (χ1) is 20.9. The van der Waals surface area contributed by atoms with Crippen LogP contribution in [0.4, 0.5) is 5.95 Å². The van der Waals surface area contributed by atoms with E-state index in [-0.39, 0.29) is 28.0 Å². The minimum Gasteiger partial charge on any atom is -0.491 e. The summed E-state index contributed by atoms with van der Waals surface area (Å²) < 4.78 is 27.5. The Morgan fingerprint density at radius 1 is 0.651 bits per heavy atom. The van der Waals surface area contributed by atoms with Crippen molar-refractivity contribution in [3.05, 3.63) is 70.2 Å². The second-order valence-electron chi connectivity index (χ2n) is 8.62. The van der Waals surface area contributed by atoms with E-state index in [0.717, 1.165) is 0 Å². The van der Waals surface area contributed by atoms with E-state index in [1.165, 1.54) is 12.1 Å². The number of halogens is 2. The fraction of sp³-hybridized carbons (Fsp3) is 0.393. The number of nitrogens with one attached hydrogen (secondary N) is 2. The molecule has 43 heavy (non-hydrogen) atoms. The van der Waals surface area contributed by atoms with Crippen LogP contribution < -0.4 is 20.1 Å². The molecule has 1 amide bonds. The van der Waals surface area contributed by atoms with Gasteiger partial charge < -0.3 is 39.4 Å². The normalized spacial score (nSPS) is 10.7. The molecule has 0 aliphatic carbocycles. The Balaban J connectivity index is 1.12. The molecule has 1 heterocycles. The fourth-order valence-corrected chi connectivity index (χ4v) is 3.74. The second kappa shape index (κ2) is 19.4. The number of aromatic nitrogens is 3. The van der Waals surface area contributed by atoms with Crippen molar-refractivity contribution in [1.29, 1.82) is 0 Å². The average molecular weight is 639 g/mol. The Bertz CT molecular complexity index is 1250. The van der Waals surface area contributed by atoms with Gasteiger partial charge in [0.15, 0.2) is 0 Å². The van der Waals surface area contributed by atoms with Crippen LogP contribution in [-0.4, -0.2) is 97.9 Å². The Hall–Kier alpha value is -3.75. The summed E-state index contributed by atoms with van der Waals surface area (Å²) in [6, 6.07) is 13.0. The summed E-state index contributed by atoms with van der Waals surface area (Å²) in [5.41, 5.74) is 0.731. The number of carboxylic acid groups (broad SMARTS) is 1. The maximum absolute atomic E-state index is 12.3. The third-order valence-corrected chi connectivity index (χ3v) is 5.80. The average Bonchev–Trinajstić information content (AvgIpc) is 2.99. The first kappa shape index (κ1) is 33.7. The molecule has 1 aromatic heterocycles. The summed E-state index contributed by atoms with van der Waals surface area (Å²) >= 11 is 11.5. The summed E-state index contributed by atoms with van der Waals surface area (Å²) in [5, 5.41) is 14.7. The number of ether oxygens (including phenoxy) is 5. The molecule has 13 nitrogen and oxygen atoms in total. The number of benzene rings is 2. The van der Waals surface area contributed by atoms with Crippen molar-refractivity contribution in [3.63, 3.8) is 0 Å². The van der Waals surface area contributed by atoms with Crippen LogP contribution in [-0.2, 0) is 14.2 Å². The summed E-state index contributed by atoms with van der Waals surface area (Å²) in [6.45, 7) is 4.15. The first-order valence-corrected chi connectivity index (χ1v) is 14.2. The molecule has 3 aromatic rings. The van der Waals surface area contributed by atoms with Gasteiger partial charge in [0.05, 0.1) is 45.2 Å². The molecule has 3 N–H and O–H groups in total. The SMILES string of the molecule is O=C(O)c1ccc(OCCOCCOCCOCCOc2ccc(C(=O)NCCCNc3nc(Cl)nc(Cl)n3)cc2)cc1. The number of nitrogens with zero attached hydrogens (tertiary/aromatic N) is 3. The van der Waals surface area contributed by atoms with Gasteiger partial charge in [-0.3, -0.25) is 4.79 Å². The van der Waals surface area contributed by atoms with Crippen LogP contribution in [0, 0.1) is 0 Å². The van der Waals surface area contributed by atoms with Crippen LogP contribution in [0.25, 0.3) is 0 Å². The quantitative estimate of drug-likeness (QED) is 0.146. The molecule has 0 radical (unpaired) electrons. The summed E-state index contributed by atoms with van der Waals surface area (Å²) in [5.74, 6) is 0.324. The lowest BCUT2D eigenvalue weighted by molar-refractivity contribution is 0.00499. The zero-order chi connectivity index (χ0) is 30.7. The number of carboxylic acids is 1. The van der Waals surface area contributed by atoms with E-state index in [1.54, 1.807) is 36.4 Å². The number of aromatic carboxylic acids is 1. The number of carbonyl (C=O) groups is 2. The van der Waals surface area contributed by atoms with Crippen molar-refractivity contribution in [2.24, 2.45) is 0 Å². The van der Waals surface area contributed by atoms with Crippen molar-refractivity contribution in [2.45, 2.75) is 6.42 Å². The van der Waals surface area contributed by atoms with Gasteiger partial charge >= 0.3 is 5.97 Å². The van der Waals surface area contributed by atoms with Crippen LogP contribution in [0.1, 0.15) is 27.1 Å². The van der Waals surface area contributed by atoms with E-state index < -0.39 is 5.97 Å². The predicted octanol–water partition coefficient (Wildman–Crippen LogP) is 3.62. The standard InChI is InChI=1S/C28H33Cl2N5O8/c29-26-33-27(30)35-28(34-26)32-11-1-10-31-24(36)20-2-6-22(7-3-20)42-18-16-40-14-12-39-13-15-41-17-19-43-23-8-4-21(5-9-23)25(37)38/h2-9H,1,10-19H2,(H,31,36)(H,37,38)(H,32,33,34,35). The Morgan fingerprint density at radius 3 is 1.60 bits per heavy atom. The molecule has 0 saturated carbocycles. The van der Waals surface area contributed by atoms with Crippen molar-refractivity contribution >= 4 is 41.0 Å². The minimum atomic E-state index is -0.977. The highest BCUT2D eigenvalue weighted by Gasteiger charge is 2.06. The van der Waals surface area contributed by atoms with E-state index in [2.05, 4.69) is 25.6 Å². The molecule has 0 aliphatic heterocycles. The number of hydrogen-bond donors (Lipinski definition) is 3. The third kappa shape index (κ3) is 13.8. The molecule has 0 spiro atoms. The number of amides is 1. The maximum Gasteiger partial charge on any atom is 0.335 e. The van der Waals surface area contributed by atoms with Crippen LogP contribution in [0.3, 0.4) is 0 Å². The van der Waals surface area contributed by atoms with E-state index in [9.17, 15) is 9.59 Å². The summed E-state index contributed by atoms with van der Waals surface area (Å²) in [6.07, 6.45) is 0.637. The van der Waals surface area contributed by atoms with Gasteiger partial charge in [0, 0.05) is 18.7 Å². The second-order valence-corrected chi connectivity index (χ2v) is 9.30. The van der Waals surface area contributed by atoms with Crippen molar-refractivity contribution in [3.8, 4) is 11.5 Å². The van der Waals surface area contributed by atoms with Crippen LogP contribution in [0.5, 0.6) is 11.5 Å². The van der Waals surface area contributed by atoms with E-state index in [0.29, 0.717) is 89.4 Å². The highest BCUT2D eigenvalue weighted by molar-refractivity contribution is 6.31. The van der Waals surface area contributed by atoms with Crippen molar-refractivity contribution in [1.82, 2.24) is 20.3 Å². The van der Waals surface area contributed by atoms with Gasteiger partial charge in [-0.2, -0.15) is 15.0 Å². The van der Waals surface area contributed by atoms with Crippen molar-refractivity contribution in [2.75, 3.05) is 71.3 Å². The Labute approximate surface area is 258 Å². The maximum atomic E-state index is 12.3. The van der Waals surface area contributed by atoms with Gasteiger partial charge in [-0.05, 0) is 78.2 Å². The van der Waals surface area contributed by atoms with Crippen LogP contribution >= 0.6 is 23.2 Å². The summed E-state index contributed by atoms with van der Waals surface area (Å²) in [7, 11) is 0. The number of carbonyl (C=O) groups excluding carboxylic acids is 1. The highest BCUT2D eigenvalue weighted by Crippen LogP contribution is 2.13. The molecule has 232 valence electrons. The molecular formula is C28H33Cl2N5O8. The lowest BCUT2D eigenvalue weighted by Gasteiger charge is -2.10. The monoisotopic (exact) mass is 637 g/mol. The predicted molar refractivity (Wildman–Crippen MR) is 159 cm³/mol. The molecule has 0 fully saturated rings. The highest BCUT2D eigenvalue weighted by atomic mass is 35.5. The number of rotatable bonds is 21. The van der Waals surface area contributed by atoms with Gasteiger partial charge in [-0.1, -0.05) is 0 Å². The van der Waals surface area contributed by atoms with Crippen LogP contribution in [0.2, 0.25) is 10.6 Å². The van der Waals surface area contributed by atoms with Gasteiger partial charge in [-0.15, -0.1) is 0 Å². The van der Waals surface area contributed by atoms with E-state index in [4.69, 9.17) is 52.0 Å². The van der Waals surface area contributed by atoms with E-state index in [1.807, 2.05) is 0 Å². The molecule has 3 rings (SSSR count). The van der Waals surface area contributed by atoms with Crippen LogP contribution in [0.15, 0.2) is 48.5 Å². The van der Waals surface area contributed by atoms with Gasteiger partial charge in [0.25, 0.3) is 5.91 Å². The topological polar surface area (TPSA) is 163 Å². The van der Waals surface area contributed by atoms with E-state index >= 15 is 0 Å². The molecular weight excluding hydrogens is 605 g/mol. The molecule has 0 unspecified atom stereocenters. The minimum absolute atomic E-state index is 0.00500. The number of anilines is 1. The number of hydrogen-bond acceptors (Lipinski definition) is 11. The molecule has 2 aromatic carbocycles. The van der Waals surface area contributed by atoms with Gasteiger partial charge in [0.1, 0.15) is 24.7 Å². The smallest absolute Gasteiger partial charge is 0.335 e. The Morgan fingerprint density at radius 2 is 1.12 bits per heavy atom. The summed E-state index contributed by atoms with van der Waals surface area (Å²) in [4.78, 5) is 34.7. The molecule has 15 heteroatoms. The first-order valence-electron chi connectivity index (χ1n) is 13.4. The fourth-order valence-electron chi connectivity index (χ4n) is 3.37. The van der Waals surface area contributed by atoms with Gasteiger partial charge in [0.2, 0.25) is 16.5 Å². The molecule has 0 atom stereocenters. The van der Waals surface area contributed by atoms with Crippen molar-refractivity contribution < 1.29 is 38.4 Å². The largest absolute Gasteiger partial charge is 0.491 e. The molecule has 0 bridgehead atoms. The van der Waals surface area contributed by atoms with Gasteiger partial charge in [-0.25, -0.2) is 4.79 Å². The Kier molecular flexibility index (Phi) is 15.3. The zero-order valence-electron chi connectivity index (χ0n) is 23.3. The molecule has 0 aliphatic rings. The zero-order valence-corrected chi connectivity index (χ0v) is 24.8. The lowest BCUT2D eigenvalue weighted by atomic mass is 10.2. The molecule has 0 saturated heterocycles. The third-order valence-electron chi connectivity index (χ3n) is 5.46.